The fraction of sp³-hybridized carbons (Fsp3) is 0.688. The van der Waals surface area contributed by atoms with Crippen LogP contribution in [0.5, 0.6) is 0 Å². The Balaban J connectivity index is 1.57. The van der Waals surface area contributed by atoms with E-state index in [1.807, 2.05) is 20.5 Å². The predicted octanol–water partition coefficient (Wildman–Crippen LogP) is 1.04. The SMILES string of the molecule is C[C@@H]1C[C@H]1C(=O)N1Cc2ccnn2[C@@H](C(=O)N2CCCC2)C1. The lowest BCUT2D eigenvalue weighted by Gasteiger charge is -2.35. The highest BCUT2D eigenvalue weighted by Crippen LogP contribution is 2.40. The number of aromatic nitrogens is 2. The van der Waals surface area contributed by atoms with E-state index < -0.39 is 0 Å². The number of hydrogen-bond donors (Lipinski definition) is 0. The molecule has 0 aromatic carbocycles. The lowest BCUT2D eigenvalue weighted by atomic mass is 10.1. The van der Waals surface area contributed by atoms with Crippen LogP contribution in [0, 0.1) is 11.8 Å². The summed E-state index contributed by atoms with van der Waals surface area (Å²) in [5.41, 5.74) is 0.963. The summed E-state index contributed by atoms with van der Waals surface area (Å²) >= 11 is 0. The van der Waals surface area contributed by atoms with Crippen molar-refractivity contribution in [2.24, 2.45) is 11.8 Å². The molecular formula is C16H22N4O2. The summed E-state index contributed by atoms with van der Waals surface area (Å²) in [6.07, 6.45) is 4.87. The maximum Gasteiger partial charge on any atom is 0.249 e. The van der Waals surface area contributed by atoms with Crippen molar-refractivity contribution < 1.29 is 9.59 Å². The molecule has 2 aliphatic heterocycles. The van der Waals surface area contributed by atoms with Crippen molar-refractivity contribution in [3.63, 3.8) is 0 Å². The van der Waals surface area contributed by atoms with Gasteiger partial charge in [0.25, 0.3) is 0 Å². The van der Waals surface area contributed by atoms with Gasteiger partial charge < -0.3 is 9.80 Å². The predicted molar refractivity (Wildman–Crippen MR) is 79.8 cm³/mol. The van der Waals surface area contributed by atoms with E-state index in [0.29, 0.717) is 19.0 Å². The topological polar surface area (TPSA) is 58.4 Å². The average molecular weight is 302 g/mol. The molecule has 3 aliphatic rings. The molecule has 0 radical (unpaired) electrons. The lowest BCUT2D eigenvalue weighted by Crippen LogP contribution is -2.48. The minimum atomic E-state index is -0.352. The van der Waals surface area contributed by atoms with E-state index in [4.69, 9.17) is 0 Å². The van der Waals surface area contributed by atoms with Gasteiger partial charge in [0.15, 0.2) is 0 Å². The molecule has 4 rings (SSSR count). The zero-order valence-electron chi connectivity index (χ0n) is 12.9. The fourth-order valence-electron chi connectivity index (χ4n) is 3.69. The average Bonchev–Trinajstić information content (AvgIpc) is 2.99. The van der Waals surface area contributed by atoms with E-state index in [1.165, 1.54) is 0 Å². The molecule has 1 saturated heterocycles. The second kappa shape index (κ2) is 5.11. The monoisotopic (exact) mass is 302 g/mol. The molecule has 1 saturated carbocycles. The Morgan fingerprint density at radius 1 is 1.18 bits per heavy atom. The molecule has 1 aromatic heterocycles. The number of rotatable bonds is 2. The van der Waals surface area contributed by atoms with Crippen LogP contribution in [0.15, 0.2) is 12.3 Å². The maximum absolute atomic E-state index is 12.8. The number of carbonyl (C=O) groups excluding carboxylic acids is 2. The number of carbonyl (C=O) groups is 2. The van der Waals surface area contributed by atoms with E-state index >= 15 is 0 Å². The molecule has 1 aliphatic carbocycles. The molecule has 3 heterocycles. The maximum atomic E-state index is 12.8. The first kappa shape index (κ1) is 13.8. The van der Waals surface area contributed by atoms with Crippen molar-refractivity contribution in [3.05, 3.63) is 18.0 Å². The van der Waals surface area contributed by atoms with Crippen LogP contribution in [0.4, 0.5) is 0 Å². The summed E-state index contributed by atoms with van der Waals surface area (Å²) < 4.78 is 1.82. The van der Waals surface area contributed by atoms with Crippen LogP contribution in [0.2, 0.25) is 0 Å². The molecule has 1 aromatic rings. The first-order valence-corrected chi connectivity index (χ1v) is 8.25. The van der Waals surface area contributed by atoms with Crippen LogP contribution in [0.25, 0.3) is 0 Å². The minimum absolute atomic E-state index is 0.115. The zero-order chi connectivity index (χ0) is 15.3. The van der Waals surface area contributed by atoms with Gasteiger partial charge >= 0.3 is 0 Å². The Morgan fingerprint density at radius 2 is 1.91 bits per heavy atom. The summed E-state index contributed by atoms with van der Waals surface area (Å²) in [5.74, 6) is 0.979. The zero-order valence-corrected chi connectivity index (χ0v) is 12.9. The molecule has 6 heteroatoms. The van der Waals surface area contributed by atoms with Crippen molar-refractivity contribution in [2.45, 2.75) is 38.8 Å². The van der Waals surface area contributed by atoms with Gasteiger partial charge in [-0.1, -0.05) is 6.92 Å². The lowest BCUT2D eigenvalue weighted by molar-refractivity contribution is -0.140. The third-order valence-corrected chi connectivity index (χ3v) is 5.23. The highest BCUT2D eigenvalue weighted by Gasteiger charge is 2.44. The second-order valence-electron chi connectivity index (χ2n) is 6.85. The third kappa shape index (κ3) is 2.21. The summed E-state index contributed by atoms with van der Waals surface area (Å²) in [4.78, 5) is 29.2. The van der Waals surface area contributed by atoms with Gasteiger partial charge in [-0.2, -0.15) is 5.10 Å². The number of fused-ring (bicyclic) bond motifs is 1. The first-order chi connectivity index (χ1) is 10.6. The molecule has 118 valence electrons. The van der Waals surface area contributed by atoms with Crippen LogP contribution in [-0.2, 0) is 16.1 Å². The van der Waals surface area contributed by atoms with E-state index in [-0.39, 0.29) is 23.8 Å². The van der Waals surface area contributed by atoms with Crippen LogP contribution in [0.3, 0.4) is 0 Å². The first-order valence-electron chi connectivity index (χ1n) is 8.25. The van der Waals surface area contributed by atoms with Gasteiger partial charge in [0.05, 0.1) is 18.8 Å². The Morgan fingerprint density at radius 3 is 2.59 bits per heavy atom. The molecular weight excluding hydrogens is 280 g/mol. The van der Waals surface area contributed by atoms with Gasteiger partial charge in [-0.25, -0.2) is 0 Å². The Hall–Kier alpha value is -1.85. The van der Waals surface area contributed by atoms with Crippen molar-refractivity contribution in [1.82, 2.24) is 19.6 Å². The summed E-state index contributed by atoms with van der Waals surface area (Å²) in [6.45, 7) is 4.82. The van der Waals surface area contributed by atoms with Crippen LogP contribution in [0.1, 0.15) is 37.9 Å². The molecule has 0 unspecified atom stereocenters. The molecule has 0 bridgehead atoms. The largest absolute Gasteiger partial charge is 0.341 e. The normalized spacial score (nSPS) is 30.3. The van der Waals surface area contributed by atoms with Crippen molar-refractivity contribution >= 4 is 11.8 Å². The van der Waals surface area contributed by atoms with Gasteiger partial charge in [-0.15, -0.1) is 0 Å². The fourth-order valence-corrected chi connectivity index (χ4v) is 3.69. The smallest absolute Gasteiger partial charge is 0.249 e. The summed E-state index contributed by atoms with van der Waals surface area (Å²) in [7, 11) is 0. The Kier molecular flexibility index (Phi) is 3.20. The number of amides is 2. The van der Waals surface area contributed by atoms with Gasteiger partial charge in [0.1, 0.15) is 6.04 Å². The number of nitrogens with zero attached hydrogens (tertiary/aromatic N) is 4. The molecule has 2 amide bonds. The van der Waals surface area contributed by atoms with Crippen LogP contribution >= 0.6 is 0 Å². The number of likely N-dealkylation sites (tertiary alicyclic amines) is 1. The van der Waals surface area contributed by atoms with E-state index in [2.05, 4.69) is 12.0 Å². The van der Waals surface area contributed by atoms with Crippen LogP contribution < -0.4 is 0 Å². The molecule has 22 heavy (non-hydrogen) atoms. The van der Waals surface area contributed by atoms with Crippen molar-refractivity contribution in [2.75, 3.05) is 19.6 Å². The highest BCUT2D eigenvalue weighted by molar-refractivity contribution is 5.85. The van der Waals surface area contributed by atoms with E-state index in [1.54, 1.807) is 6.20 Å². The molecule has 6 nitrogen and oxygen atoms in total. The Labute approximate surface area is 130 Å². The molecule has 0 N–H and O–H groups in total. The van der Waals surface area contributed by atoms with E-state index in [9.17, 15) is 9.59 Å². The standard InChI is InChI=1S/C16H22N4O2/c1-11-8-13(11)15(21)19-9-12-4-5-17-20(12)14(10-19)16(22)18-6-2-3-7-18/h4-5,11,13-14H,2-3,6-10H2,1H3/t11-,13-,14-/m1/s1. The van der Waals surface area contributed by atoms with Gasteiger partial charge in [0.2, 0.25) is 11.8 Å². The highest BCUT2D eigenvalue weighted by atomic mass is 16.2. The van der Waals surface area contributed by atoms with Crippen molar-refractivity contribution in [3.8, 4) is 0 Å². The number of hydrogen-bond acceptors (Lipinski definition) is 3. The quantitative estimate of drug-likeness (QED) is 0.820. The summed E-state index contributed by atoms with van der Waals surface area (Å²) in [6, 6.07) is 1.56. The van der Waals surface area contributed by atoms with Gasteiger partial charge in [0, 0.05) is 25.2 Å². The molecule has 0 spiro atoms. The second-order valence-corrected chi connectivity index (χ2v) is 6.85. The van der Waals surface area contributed by atoms with Crippen molar-refractivity contribution in [1.29, 1.82) is 0 Å². The minimum Gasteiger partial charge on any atom is -0.341 e. The Bertz CT molecular complexity index is 605. The van der Waals surface area contributed by atoms with Gasteiger partial charge in [-0.3, -0.25) is 14.3 Å². The molecule has 2 fully saturated rings. The third-order valence-electron chi connectivity index (χ3n) is 5.23. The summed E-state index contributed by atoms with van der Waals surface area (Å²) in [5, 5.41) is 4.33. The van der Waals surface area contributed by atoms with Gasteiger partial charge in [-0.05, 0) is 31.2 Å². The van der Waals surface area contributed by atoms with Crippen LogP contribution in [-0.4, -0.2) is 51.0 Å². The van der Waals surface area contributed by atoms with E-state index in [0.717, 1.165) is 38.0 Å². The molecule has 3 atom stereocenters.